The van der Waals surface area contributed by atoms with E-state index >= 15 is 0 Å². The number of aryl methyl sites for hydroxylation is 2. The number of nitrogens with zero attached hydrogens (tertiary/aromatic N) is 2. The van der Waals surface area contributed by atoms with Crippen molar-refractivity contribution in [1.82, 2.24) is 15.2 Å². The van der Waals surface area contributed by atoms with Crippen molar-refractivity contribution in [3.05, 3.63) is 53.3 Å². The smallest absolute Gasteiger partial charge is 0.269 e. The first-order valence-electron chi connectivity index (χ1n) is 7.68. The molecule has 0 bridgehead atoms. The molecule has 0 aliphatic rings. The summed E-state index contributed by atoms with van der Waals surface area (Å²) in [5.41, 5.74) is 4.72. The van der Waals surface area contributed by atoms with E-state index in [4.69, 9.17) is 0 Å². The number of carbonyl (C=O) groups excluding carboxylic acids is 1. The minimum Gasteiger partial charge on any atom is -0.354 e. The fourth-order valence-corrected chi connectivity index (χ4v) is 2.30. The molecule has 1 heterocycles. The highest BCUT2D eigenvalue weighted by molar-refractivity contribution is 5.92. The molecule has 1 aromatic heterocycles. The summed E-state index contributed by atoms with van der Waals surface area (Å²) in [6.07, 6.45) is 1.68. The minimum atomic E-state index is -0.148. The van der Waals surface area contributed by atoms with Gasteiger partial charge in [-0.1, -0.05) is 6.07 Å². The lowest BCUT2D eigenvalue weighted by Crippen LogP contribution is -2.31. The van der Waals surface area contributed by atoms with E-state index < -0.39 is 0 Å². The summed E-state index contributed by atoms with van der Waals surface area (Å²) in [7, 11) is 3.94. The van der Waals surface area contributed by atoms with Gasteiger partial charge in [-0.3, -0.25) is 4.79 Å². The van der Waals surface area contributed by atoms with Crippen molar-refractivity contribution in [3.63, 3.8) is 0 Å². The van der Waals surface area contributed by atoms with E-state index in [2.05, 4.69) is 47.7 Å². The normalized spacial score (nSPS) is 10.7. The maximum Gasteiger partial charge on any atom is 0.269 e. The lowest BCUT2D eigenvalue weighted by molar-refractivity contribution is 0.0946. The predicted octanol–water partition coefficient (Wildman–Crippen LogP) is 2.73. The molecule has 0 fully saturated rings. The highest BCUT2D eigenvalue weighted by Gasteiger charge is 2.06. The molecule has 23 heavy (non-hydrogen) atoms. The van der Waals surface area contributed by atoms with Gasteiger partial charge < -0.3 is 15.5 Å². The Morgan fingerprint density at radius 3 is 2.35 bits per heavy atom. The molecule has 0 aliphatic heterocycles. The Hall–Kier alpha value is -2.40. The SMILES string of the molecule is Cc1cc(C)cc(Nc2ccc(C(=O)NCCN(C)C)nc2)c1. The molecule has 0 spiro atoms. The Bertz CT molecular complexity index is 645. The molecular weight excluding hydrogens is 288 g/mol. The summed E-state index contributed by atoms with van der Waals surface area (Å²) < 4.78 is 0. The van der Waals surface area contributed by atoms with Crippen molar-refractivity contribution in [3.8, 4) is 0 Å². The van der Waals surface area contributed by atoms with Gasteiger partial charge in [-0.25, -0.2) is 4.98 Å². The van der Waals surface area contributed by atoms with Crippen molar-refractivity contribution in [2.45, 2.75) is 13.8 Å². The molecule has 0 atom stereocenters. The number of nitrogens with one attached hydrogen (secondary N) is 2. The summed E-state index contributed by atoms with van der Waals surface area (Å²) >= 11 is 0. The van der Waals surface area contributed by atoms with Crippen molar-refractivity contribution in [2.75, 3.05) is 32.5 Å². The topological polar surface area (TPSA) is 57.3 Å². The van der Waals surface area contributed by atoms with Gasteiger partial charge in [0, 0.05) is 18.8 Å². The van der Waals surface area contributed by atoms with Crippen LogP contribution >= 0.6 is 0 Å². The average Bonchev–Trinajstić information content (AvgIpc) is 2.46. The number of amides is 1. The second-order valence-corrected chi connectivity index (χ2v) is 5.99. The van der Waals surface area contributed by atoms with Crippen LogP contribution in [0.4, 0.5) is 11.4 Å². The van der Waals surface area contributed by atoms with E-state index in [-0.39, 0.29) is 5.91 Å². The van der Waals surface area contributed by atoms with Gasteiger partial charge in [0.25, 0.3) is 5.91 Å². The Labute approximate surface area is 137 Å². The first-order chi connectivity index (χ1) is 10.9. The second kappa shape index (κ2) is 7.74. The minimum absolute atomic E-state index is 0.148. The molecule has 0 saturated carbocycles. The molecular formula is C18H24N4O. The number of carbonyl (C=O) groups is 1. The van der Waals surface area contributed by atoms with Gasteiger partial charge in [0.1, 0.15) is 5.69 Å². The maximum absolute atomic E-state index is 12.0. The van der Waals surface area contributed by atoms with Gasteiger partial charge in [-0.2, -0.15) is 0 Å². The third-order valence-electron chi connectivity index (χ3n) is 3.35. The first kappa shape index (κ1) is 17.0. The Kier molecular flexibility index (Phi) is 5.71. The monoisotopic (exact) mass is 312 g/mol. The summed E-state index contributed by atoms with van der Waals surface area (Å²) in [5, 5.41) is 6.16. The van der Waals surface area contributed by atoms with Crippen LogP contribution in [0.15, 0.2) is 36.5 Å². The summed E-state index contributed by atoms with van der Waals surface area (Å²) in [6, 6.07) is 9.88. The van der Waals surface area contributed by atoms with Crippen LogP contribution in [-0.4, -0.2) is 43.0 Å². The van der Waals surface area contributed by atoms with E-state index in [1.807, 2.05) is 25.1 Å². The highest BCUT2D eigenvalue weighted by atomic mass is 16.1. The van der Waals surface area contributed by atoms with Gasteiger partial charge >= 0.3 is 0 Å². The van der Waals surface area contributed by atoms with Gasteiger partial charge in [-0.15, -0.1) is 0 Å². The van der Waals surface area contributed by atoms with E-state index in [9.17, 15) is 4.79 Å². The number of aromatic nitrogens is 1. The second-order valence-electron chi connectivity index (χ2n) is 5.99. The van der Waals surface area contributed by atoms with Crippen molar-refractivity contribution < 1.29 is 4.79 Å². The summed E-state index contributed by atoms with van der Waals surface area (Å²) in [5.74, 6) is -0.148. The maximum atomic E-state index is 12.0. The Morgan fingerprint density at radius 2 is 1.78 bits per heavy atom. The van der Waals surface area contributed by atoms with Gasteiger partial charge in [0.2, 0.25) is 0 Å². The fourth-order valence-electron chi connectivity index (χ4n) is 2.30. The molecule has 0 saturated heterocycles. The molecule has 2 rings (SSSR count). The quantitative estimate of drug-likeness (QED) is 0.861. The van der Waals surface area contributed by atoms with E-state index in [0.29, 0.717) is 12.2 Å². The van der Waals surface area contributed by atoms with Crippen LogP contribution < -0.4 is 10.6 Å². The number of benzene rings is 1. The molecule has 5 nitrogen and oxygen atoms in total. The van der Waals surface area contributed by atoms with Crippen LogP contribution in [0.25, 0.3) is 0 Å². The van der Waals surface area contributed by atoms with Crippen molar-refractivity contribution in [1.29, 1.82) is 0 Å². The third-order valence-corrected chi connectivity index (χ3v) is 3.35. The van der Waals surface area contributed by atoms with E-state index in [0.717, 1.165) is 17.9 Å². The summed E-state index contributed by atoms with van der Waals surface area (Å²) in [6.45, 7) is 5.55. The van der Waals surface area contributed by atoms with Gasteiger partial charge in [-0.05, 0) is 63.3 Å². The number of hydrogen-bond donors (Lipinski definition) is 2. The van der Waals surface area contributed by atoms with Crippen LogP contribution in [0, 0.1) is 13.8 Å². The zero-order valence-electron chi connectivity index (χ0n) is 14.2. The molecule has 1 aromatic carbocycles. The van der Waals surface area contributed by atoms with Crippen molar-refractivity contribution >= 4 is 17.3 Å². The van der Waals surface area contributed by atoms with Crippen LogP contribution in [0.2, 0.25) is 0 Å². The standard InChI is InChI=1S/C18H24N4O/c1-13-9-14(2)11-16(10-13)21-15-5-6-17(20-12-15)18(23)19-7-8-22(3)4/h5-6,9-12,21H,7-8H2,1-4H3,(H,19,23). The largest absolute Gasteiger partial charge is 0.354 e. The number of likely N-dealkylation sites (N-methyl/N-ethyl adjacent to an activating group) is 1. The van der Waals surface area contributed by atoms with Gasteiger partial charge in [0.15, 0.2) is 0 Å². The molecule has 1 amide bonds. The zero-order valence-corrected chi connectivity index (χ0v) is 14.2. The Morgan fingerprint density at radius 1 is 1.09 bits per heavy atom. The molecule has 122 valence electrons. The summed E-state index contributed by atoms with van der Waals surface area (Å²) in [4.78, 5) is 18.2. The average molecular weight is 312 g/mol. The fraction of sp³-hybridized carbons (Fsp3) is 0.333. The molecule has 0 aliphatic carbocycles. The van der Waals surface area contributed by atoms with Crippen LogP contribution in [0.5, 0.6) is 0 Å². The molecule has 2 N–H and O–H groups in total. The number of pyridine rings is 1. The van der Waals surface area contributed by atoms with Crippen LogP contribution in [0.1, 0.15) is 21.6 Å². The molecule has 0 radical (unpaired) electrons. The zero-order chi connectivity index (χ0) is 16.8. The number of hydrogen-bond acceptors (Lipinski definition) is 4. The highest BCUT2D eigenvalue weighted by Crippen LogP contribution is 2.19. The van der Waals surface area contributed by atoms with Gasteiger partial charge in [0.05, 0.1) is 11.9 Å². The van der Waals surface area contributed by atoms with E-state index in [1.165, 1.54) is 11.1 Å². The predicted molar refractivity (Wildman–Crippen MR) is 94.3 cm³/mol. The lowest BCUT2D eigenvalue weighted by atomic mass is 10.1. The molecule has 0 unspecified atom stereocenters. The van der Waals surface area contributed by atoms with Crippen LogP contribution in [0.3, 0.4) is 0 Å². The van der Waals surface area contributed by atoms with Crippen LogP contribution in [-0.2, 0) is 0 Å². The molecule has 5 heteroatoms. The lowest BCUT2D eigenvalue weighted by Gasteiger charge is -2.11. The first-order valence-corrected chi connectivity index (χ1v) is 7.68. The molecule has 2 aromatic rings. The third kappa shape index (κ3) is 5.38. The van der Waals surface area contributed by atoms with Crippen molar-refractivity contribution in [2.24, 2.45) is 0 Å². The Balaban J connectivity index is 1.97. The van der Waals surface area contributed by atoms with E-state index in [1.54, 1.807) is 12.3 Å². The number of anilines is 2. The number of rotatable bonds is 6.